The van der Waals surface area contributed by atoms with Crippen molar-refractivity contribution in [3.63, 3.8) is 0 Å². The molecule has 108 valence electrons. The number of hydrogen-bond acceptors (Lipinski definition) is 3. The fourth-order valence-corrected chi connectivity index (χ4v) is 4.53. The van der Waals surface area contributed by atoms with Crippen molar-refractivity contribution in [3.05, 3.63) is 28.2 Å². The summed E-state index contributed by atoms with van der Waals surface area (Å²) in [5, 5.41) is 9.71. The van der Waals surface area contributed by atoms with E-state index in [1.807, 2.05) is 0 Å². The van der Waals surface area contributed by atoms with E-state index in [4.69, 9.17) is 23.2 Å². The minimum Gasteiger partial charge on any atom is -0.207 e. The molecule has 0 heterocycles. The van der Waals surface area contributed by atoms with Crippen LogP contribution < -0.4 is 4.72 Å². The van der Waals surface area contributed by atoms with Gasteiger partial charge in [-0.2, -0.15) is 9.98 Å². The molecule has 0 spiro atoms. The van der Waals surface area contributed by atoms with E-state index in [0.29, 0.717) is 12.8 Å². The molecule has 20 heavy (non-hydrogen) atoms. The van der Waals surface area contributed by atoms with Crippen molar-refractivity contribution in [2.45, 2.75) is 42.5 Å². The number of sulfonamides is 1. The number of halogens is 2. The van der Waals surface area contributed by atoms with Gasteiger partial charge in [0.15, 0.2) is 0 Å². The Kier molecular flexibility index (Phi) is 4.60. The number of hydrogen-bond donors (Lipinski definition) is 1. The van der Waals surface area contributed by atoms with Crippen molar-refractivity contribution in [3.8, 4) is 6.07 Å². The Bertz CT molecular complexity index is 647. The Morgan fingerprint density at radius 3 is 2.45 bits per heavy atom. The Hall–Kier alpha value is -0.800. The second-order valence-electron chi connectivity index (χ2n) is 4.93. The molecule has 0 saturated heterocycles. The smallest absolute Gasteiger partial charge is 0.207 e. The highest BCUT2D eigenvalue weighted by Gasteiger charge is 2.37. The summed E-state index contributed by atoms with van der Waals surface area (Å²) in [4.78, 5) is -0.0909. The van der Waals surface area contributed by atoms with Gasteiger partial charge in [0.25, 0.3) is 0 Å². The van der Waals surface area contributed by atoms with Crippen LogP contribution in [0.1, 0.15) is 32.1 Å². The van der Waals surface area contributed by atoms with Crippen LogP contribution in [0.25, 0.3) is 0 Å². The average molecular weight is 333 g/mol. The summed E-state index contributed by atoms with van der Waals surface area (Å²) >= 11 is 11.7. The molecule has 0 unspecified atom stereocenters. The lowest BCUT2D eigenvalue weighted by Gasteiger charge is -2.31. The monoisotopic (exact) mass is 332 g/mol. The molecule has 0 aliphatic heterocycles. The maximum Gasteiger partial charge on any atom is 0.243 e. The molecule has 0 bridgehead atoms. The fraction of sp³-hybridized carbons (Fsp3) is 0.462. The first-order valence-electron chi connectivity index (χ1n) is 6.29. The number of benzene rings is 1. The summed E-state index contributed by atoms with van der Waals surface area (Å²) in [6.07, 6.45) is 3.71. The van der Waals surface area contributed by atoms with Crippen LogP contribution in [0.3, 0.4) is 0 Å². The number of nitrogens with one attached hydrogen (secondary N) is 1. The zero-order valence-electron chi connectivity index (χ0n) is 10.7. The minimum absolute atomic E-state index is 0.0887. The van der Waals surface area contributed by atoms with Crippen LogP contribution in [0.4, 0.5) is 0 Å². The molecule has 1 aliphatic carbocycles. The molecule has 0 atom stereocenters. The molecule has 1 fully saturated rings. The Morgan fingerprint density at radius 1 is 1.20 bits per heavy atom. The zero-order valence-corrected chi connectivity index (χ0v) is 13.0. The highest BCUT2D eigenvalue weighted by molar-refractivity contribution is 7.89. The van der Waals surface area contributed by atoms with Gasteiger partial charge in [-0.25, -0.2) is 8.42 Å². The molecule has 1 aromatic carbocycles. The largest absolute Gasteiger partial charge is 0.243 e. The van der Waals surface area contributed by atoms with Crippen LogP contribution in [0, 0.1) is 11.3 Å². The van der Waals surface area contributed by atoms with Crippen molar-refractivity contribution in [1.82, 2.24) is 4.72 Å². The molecule has 7 heteroatoms. The quantitative estimate of drug-likeness (QED) is 0.920. The van der Waals surface area contributed by atoms with Gasteiger partial charge in [-0.05, 0) is 31.0 Å². The van der Waals surface area contributed by atoms with E-state index in [2.05, 4.69) is 10.8 Å². The maximum absolute atomic E-state index is 12.4. The van der Waals surface area contributed by atoms with Crippen LogP contribution in [0.5, 0.6) is 0 Å². The molecular weight excluding hydrogens is 319 g/mol. The van der Waals surface area contributed by atoms with E-state index in [1.165, 1.54) is 18.2 Å². The van der Waals surface area contributed by atoms with E-state index in [1.54, 1.807) is 0 Å². The van der Waals surface area contributed by atoms with Crippen LogP contribution in [-0.4, -0.2) is 14.0 Å². The molecule has 0 amide bonds. The molecule has 1 aromatic rings. The van der Waals surface area contributed by atoms with Crippen LogP contribution in [0.15, 0.2) is 23.1 Å². The van der Waals surface area contributed by atoms with Crippen molar-refractivity contribution in [1.29, 1.82) is 5.26 Å². The first-order valence-corrected chi connectivity index (χ1v) is 8.53. The standard InChI is InChI=1S/C13H14Cl2N2O2S/c14-10-4-5-11(15)12(8-10)20(18,19)17-13(9-16)6-2-1-3-7-13/h4-5,8,17H,1-3,6-7H2. The van der Waals surface area contributed by atoms with Crippen LogP contribution in [-0.2, 0) is 10.0 Å². The van der Waals surface area contributed by atoms with Gasteiger partial charge in [-0.1, -0.05) is 42.5 Å². The number of nitrogens with zero attached hydrogens (tertiary/aromatic N) is 1. The first kappa shape index (κ1) is 15.6. The van der Waals surface area contributed by atoms with Gasteiger partial charge in [-0.15, -0.1) is 0 Å². The Balaban J connectivity index is 2.36. The van der Waals surface area contributed by atoms with E-state index in [-0.39, 0.29) is 14.9 Å². The van der Waals surface area contributed by atoms with Gasteiger partial charge in [0, 0.05) is 5.02 Å². The SMILES string of the molecule is N#CC1(NS(=O)(=O)c2cc(Cl)ccc2Cl)CCCCC1. The lowest BCUT2D eigenvalue weighted by atomic mass is 9.84. The van der Waals surface area contributed by atoms with Crippen molar-refractivity contribution in [2.75, 3.05) is 0 Å². The molecule has 4 nitrogen and oxygen atoms in total. The normalized spacial score (nSPS) is 18.4. The van der Waals surface area contributed by atoms with Crippen LogP contribution in [0.2, 0.25) is 10.0 Å². The third kappa shape index (κ3) is 3.26. The highest BCUT2D eigenvalue weighted by atomic mass is 35.5. The Morgan fingerprint density at radius 2 is 1.85 bits per heavy atom. The molecule has 1 saturated carbocycles. The fourth-order valence-electron chi connectivity index (χ4n) is 2.39. The van der Waals surface area contributed by atoms with Crippen molar-refractivity contribution >= 4 is 33.2 Å². The summed E-state index contributed by atoms with van der Waals surface area (Å²) in [7, 11) is -3.87. The maximum atomic E-state index is 12.4. The van der Waals surface area contributed by atoms with E-state index < -0.39 is 15.6 Å². The number of rotatable bonds is 3. The molecule has 2 rings (SSSR count). The van der Waals surface area contributed by atoms with Gasteiger partial charge in [-0.3, -0.25) is 0 Å². The van der Waals surface area contributed by atoms with Gasteiger partial charge in [0.05, 0.1) is 11.1 Å². The van der Waals surface area contributed by atoms with E-state index in [0.717, 1.165) is 19.3 Å². The van der Waals surface area contributed by atoms with Gasteiger partial charge in [0.2, 0.25) is 10.0 Å². The summed E-state index contributed by atoms with van der Waals surface area (Å²) in [6.45, 7) is 0. The molecular formula is C13H14Cl2N2O2S. The topological polar surface area (TPSA) is 70.0 Å². The summed E-state index contributed by atoms with van der Waals surface area (Å²) in [5.41, 5.74) is -1.04. The lowest BCUT2D eigenvalue weighted by Crippen LogP contribution is -2.48. The predicted molar refractivity (Wildman–Crippen MR) is 78.2 cm³/mol. The van der Waals surface area contributed by atoms with E-state index in [9.17, 15) is 13.7 Å². The molecule has 0 radical (unpaired) electrons. The van der Waals surface area contributed by atoms with Gasteiger partial charge >= 0.3 is 0 Å². The minimum atomic E-state index is -3.87. The predicted octanol–water partition coefficient (Wildman–Crippen LogP) is 3.50. The molecule has 1 aliphatic rings. The third-order valence-corrected chi connectivity index (χ3v) is 5.69. The zero-order chi connectivity index (χ0) is 14.8. The van der Waals surface area contributed by atoms with E-state index >= 15 is 0 Å². The number of nitriles is 1. The van der Waals surface area contributed by atoms with Crippen molar-refractivity contribution in [2.24, 2.45) is 0 Å². The second kappa shape index (κ2) is 5.90. The summed E-state index contributed by atoms with van der Waals surface area (Å²) in [5.74, 6) is 0. The molecule has 0 aromatic heterocycles. The average Bonchev–Trinajstić information content (AvgIpc) is 2.42. The van der Waals surface area contributed by atoms with Crippen LogP contribution >= 0.6 is 23.2 Å². The summed E-state index contributed by atoms with van der Waals surface area (Å²) < 4.78 is 27.4. The second-order valence-corrected chi connectivity index (χ2v) is 7.43. The third-order valence-electron chi connectivity index (χ3n) is 3.43. The highest BCUT2D eigenvalue weighted by Crippen LogP contribution is 2.31. The van der Waals surface area contributed by atoms with Gasteiger partial charge in [0.1, 0.15) is 10.4 Å². The van der Waals surface area contributed by atoms with Crippen molar-refractivity contribution < 1.29 is 8.42 Å². The van der Waals surface area contributed by atoms with Gasteiger partial charge < -0.3 is 0 Å². The first-order chi connectivity index (χ1) is 9.38. The Labute approximate surface area is 128 Å². The lowest BCUT2D eigenvalue weighted by molar-refractivity contribution is 0.338. The summed E-state index contributed by atoms with van der Waals surface area (Å²) in [6, 6.07) is 6.35. The molecule has 1 N–H and O–H groups in total.